The van der Waals surface area contributed by atoms with Crippen LogP contribution in [0.5, 0.6) is 0 Å². The maximum Gasteiger partial charge on any atom is 0.252 e. The van der Waals surface area contributed by atoms with Gasteiger partial charge in [-0.1, -0.05) is 199 Å². The Morgan fingerprint density at radius 1 is 0.227 bits per heavy atom. The van der Waals surface area contributed by atoms with Crippen molar-refractivity contribution >= 4 is 158 Å². The third kappa shape index (κ3) is 11.7. The van der Waals surface area contributed by atoms with Gasteiger partial charge in [-0.2, -0.15) is 0 Å². The molecule has 0 radical (unpaired) electrons. The number of para-hydroxylation sites is 6. The molecule has 5 aromatic heterocycles. The molecule has 566 valence electrons. The zero-order valence-electron chi connectivity index (χ0n) is 67.5. The van der Waals surface area contributed by atoms with Crippen LogP contribution in [0.3, 0.4) is 0 Å². The van der Waals surface area contributed by atoms with Crippen LogP contribution in [0, 0.1) is 6.92 Å². The molecule has 0 atom stereocenters. The molecule has 0 aliphatic carbocycles. The lowest BCUT2D eigenvalue weighted by molar-refractivity contribution is 0.590. The molecular weight excluding hydrogens is 1440 g/mol. The van der Waals surface area contributed by atoms with E-state index in [2.05, 4.69) is 432 Å². The molecule has 119 heavy (non-hydrogen) atoms. The molecule has 0 unspecified atom stereocenters. The molecule has 4 aliphatic rings. The average molecular weight is 1530 g/mol. The fourth-order valence-electron chi connectivity index (χ4n) is 19.4. The van der Waals surface area contributed by atoms with Gasteiger partial charge in [-0.15, -0.1) is 0 Å². The van der Waals surface area contributed by atoms with Gasteiger partial charge in [0.05, 0.1) is 22.1 Å². The number of anilines is 12. The molecule has 0 spiro atoms. The Hall–Kier alpha value is -14.5. The van der Waals surface area contributed by atoms with Gasteiger partial charge < -0.3 is 28.7 Å². The molecule has 0 saturated heterocycles. The lowest BCUT2D eigenvalue weighted by Crippen LogP contribution is -2.61. The van der Waals surface area contributed by atoms with Crippen molar-refractivity contribution in [2.75, 3.05) is 19.6 Å². The summed E-state index contributed by atoms with van der Waals surface area (Å²) in [4.78, 5) is 22.7. The lowest BCUT2D eigenvalue weighted by atomic mass is 9.33. The maximum absolute atomic E-state index is 4.30. The van der Waals surface area contributed by atoms with Gasteiger partial charge in [0.25, 0.3) is 13.4 Å². The highest BCUT2D eigenvalue weighted by Crippen LogP contribution is 2.50. The summed E-state index contributed by atoms with van der Waals surface area (Å²) in [5.74, 6) is 0. The van der Waals surface area contributed by atoms with Crippen LogP contribution < -0.4 is 52.4 Å². The fourth-order valence-corrected chi connectivity index (χ4v) is 19.4. The second-order valence-corrected chi connectivity index (χ2v) is 34.1. The summed E-state index contributed by atoms with van der Waals surface area (Å²) in [6.45, 7) is 16.3. The topological polar surface area (TPSA) is 61.5 Å². The predicted molar refractivity (Wildman–Crippen MR) is 501 cm³/mol. The molecule has 9 nitrogen and oxygen atoms in total. The third-order valence-electron chi connectivity index (χ3n) is 25.0. The number of aryl methyl sites for hydroxylation is 1. The minimum absolute atomic E-state index is 0.0264. The van der Waals surface area contributed by atoms with Crippen molar-refractivity contribution in [1.82, 2.24) is 24.1 Å². The predicted octanol–water partition coefficient (Wildman–Crippen LogP) is 23.8. The summed E-state index contributed by atoms with van der Waals surface area (Å²) in [6, 6.07) is 126. The number of fused-ring (bicyclic) bond motifs is 14. The summed E-state index contributed by atoms with van der Waals surface area (Å²) in [5.41, 5.74) is 39.9. The largest absolute Gasteiger partial charge is 0.311 e. The van der Waals surface area contributed by atoms with Gasteiger partial charge in [0.1, 0.15) is 0 Å². The zero-order valence-corrected chi connectivity index (χ0v) is 67.5. The Balaban J connectivity index is 0.000000148. The van der Waals surface area contributed by atoms with Gasteiger partial charge in [-0.3, -0.25) is 15.0 Å². The van der Waals surface area contributed by atoms with E-state index in [0.717, 1.165) is 56.4 Å². The first-order valence-electron chi connectivity index (χ1n) is 41.3. The Kier molecular flexibility index (Phi) is 16.6. The van der Waals surface area contributed by atoms with Crippen LogP contribution in [-0.4, -0.2) is 37.5 Å². The van der Waals surface area contributed by atoms with Crippen LogP contribution in [0.25, 0.3) is 88.4 Å². The highest BCUT2D eigenvalue weighted by atomic mass is 15.2. The van der Waals surface area contributed by atoms with Crippen molar-refractivity contribution in [3.63, 3.8) is 0 Å². The van der Waals surface area contributed by atoms with Gasteiger partial charge in [0.2, 0.25) is 0 Å². The number of rotatable bonds is 9. The van der Waals surface area contributed by atoms with Gasteiger partial charge in [-0.25, -0.2) is 0 Å². The van der Waals surface area contributed by atoms with Gasteiger partial charge >= 0.3 is 0 Å². The molecule has 0 amide bonds. The van der Waals surface area contributed by atoms with Gasteiger partial charge in [-0.05, 0) is 283 Å². The highest BCUT2D eigenvalue weighted by Gasteiger charge is 2.46. The third-order valence-corrected chi connectivity index (χ3v) is 25.0. The van der Waals surface area contributed by atoms with E-state index in [9.17, 15) is 0 Å². The van der Waals surface area contributed by atoms with Crippen molar-refractivity contribution < 1.29 is 0 Å². The second kappa shape index (κ2) is 27.9. The Labute approximate surface area is 694 Å². The number of hydrogen-bond acceptors (Lipinski definition) is 7. The van der Waals surface area contributed by atoms with Crippen LogP contribution in [-0.2, 0) is 10.8 Å². The Bertz CT molecular complexity index is 7070. The molecule has 9 heterocycles. The zero-order chi connectivity index (χ0) is 79.9. The fraction of sp³-hybridized carbons (Fsp3) is 0.0833. The van der Waals surface area contributed by atoms with Crippen molar-refractivity contribution in [3.8, 4) is 44.8 Å². The number of hydrogen-bond donors (Lipinski definition) is 0. The monoisotopic (exact) mass is 1530 g/mol. The van der Waals surface area contributed by atoms with Crippen molar-refractivity contribution in [2.45, 2.75) is 59.3 Å². The van der Waals surface area contributed by atoms with Gasteiger partial charge in [0, 0.05) is 138 Å². The molecule has 0 N–H and O–H groups in total. The Morgan fingerprint density at radius 2 is 0.513 bits per heavy atom. The van der Waals surface area contributed by atoms with E-state index in [1.807, 2.05) is 37.2 Å². The van der Waals surface area contributed by atoms with E-state index < -0.39 is 0 Å². The van der Waals surface area contributed by atoms with E-state index in [-0.39, 0.29) is 24.3 Å². The second-order valence-electron chi connectivity index (χ2n) is 34.1. The normalized spacial score (nSPS) is 13.1. The van der Waals surface area contributed by atoms with E-state index in [1.54, 1.807) is 0 Å². The molecule has 0 saturated carbocycles. The van der Waals surface area contributed by atoms with Crippen molar-refractivity contribution in [1.29, 1.82) is 0 Å². The molecule has 0 bridgehead atoms. The van der Waals surface area contributed by atoms with E-state index in [4.69, 9.17) is 0 Å². The number of pyridine rings is 3. The molecular formula is C108H83B2N9. The van der Waals surface area contributed by atoms with E-state index >= 15 is 0 Å². The summed E-state index contributed by atoms with van der Waals surface area (Å²) in [5, 5.41) is 5.07. The first kappa shape index (κ1) is 71.0. The van der Waals surface area contributed by atoms with Crippen LogP contribution in [0.1, 0.15) is 58.2 Å². The van der Waals surface area contributed by atoms with E-state index in [0.29, 0.717) is 0 Å². The molecule has 14 aromatic carbocycles. The van der Waals surface area contributed by atoms with Crippen LogP contribution in [0.4, 0.5) is 68.2 Å². The molecule has 4 aliphatic heterocycles. The number of nitrogens with zero attached hydrogens (tertiary/aromatic N) is 9. The molecule has 19 aromatic rings. The lowest BCUT2D eigenvalue weighted by Gasteiger charge is -2.45. The summed E-state index contributed by atoms with van der Waals surface area (Å²) in [6.07, 6.45) is 11.1. The molecule has 0 fully saturated rings. The van der Waals surface area contributed by atoms with E-state index in [1.165, 1.54) is 150 Å². The molecule has 11 heteroatoms. The van der Waals surface area contributed by atoms with Crippen LogP contribution in [0.2, 0.25) is 0 Å². The standard InChI is InChI=1S/C62H51BN4.C46H32BN5/c1-61(2,3)40-27-36-57-51(37-40)63-50-21-11-16-26-56(50)66(44-32-28-42(29-33-44)64-52-22-12-7-17-46(52)47-18-8-13-23-53(47)64)58-38-41(62(4,5)6)39-59(60(58)63)67(57)45-34-30-43(31-35-45)65-54-24-14-9-19-48(54)49-20-10-15-25-55(49)65;1-31-28-44-46-45(29-31)52(39-13-8-33(9-14-39)35-18-24-49-25-19-35)43-15-10-37(36-20-26-50-27-21-36)30-41(43)47(46)40-4-2-3-5-42(40)51(44)38-11-6-32(7-12-38)34-16-22-48-23-17-34/h7-39H,1-6H3;2-30H,1H3. The summed E-state index contributed by atoms with van der Waals surface area (Å²) in [7, 11) is 0. The van der Waals surface area contributed by atoms with Crippen LogP contribution in [0.15, 0.2) is 377 Å². The molecule has 23 rings (SSSR count). The number of benzene rings is 14. The Morgan fingerprint density at radius 3 is 0.891 bits per heavy atom. The van der Waals surface area contributed by atoms with Crippen LogP contribution >= 0.6 is 0 Å². The minimum Gasteiger partial charge on any atom is -0.311 e. The summed E-state index contributed by atoms with van der Waals surface area (Å²) < 4.78 is 4.82. The average Bonchev–Trinajstić information content (AvgIpc) is 1.20. The maximum atomic E-state index is 4.30. The van der Waals surface area contributed by atoms with Gasteiger partial charge in [0.15, 0.2) is 0 Å². The highest BCUT2D eigenvalue weighted by molar-refractivity contribution is 7.01. The SMILES string of the molecule is CC(C)(C)c1ccc2c(c1)B1c3ccccc3N(c3ccc(-n4c5ccccc5c5ccccc54)cc3)c3cc(C(C)(C)C)cc(c31)N2c1ccc(-n2c3ccccc3c3ccccc32)cc1.Cc1cc2c3c(c1)N(c1ccc(-c4ccncc4)cc1)c1ccc(-c4ccncc4)cc1B3c1ccccc1N2c1ccc(-c2ccncc2)cc1. The first-order chi connectivity index (χ1) is 58.2. The number of aromatic nitrogens is 5. The van der Waals surface area contributed by atoms with Crippen molar-refractivity contribution in [3.05, 3.63) is 394 Å². The minimum atomic E-state index is -0.119. The summed E-state index contributed by atoms with van der Waals surface area (Å²) >= 11 is 0. The van der Waals surface area contributed by atoms with Crippen molar-refractivity contribution in [2.24, 2.45) is 0 Å². The quantitative estimate of drug-likeness (QED) is 0.133. The first-order valence-corrected chi connectivity index (χ1v) is 41.3. The smallest absolute Gasteiger partial charge is 0.252 e.